The van der Waals surface area contributed by atoms with Gasteiger partial charge in [-0.1, -0.05) is 24.3 Å². The van der Waals surface area contributed by atoms with Gasteiger partial charge in [0.15, 0.2) is 5.82 Å². The van der Waals surface area contributed by atoms with Gasteiger partial charge in [0.1, 0.15) is 0 Å². The number of benzene rings is 1. The summed E-state index contributed by atoms with van der Waals surface area (Å²) in [5.74, 6) is 0.881. The molecule has 0 aliphatic heterocycles. The molecule has 3 nitrogen and oxygen atoms in total. The van der Waals surface area contributed by atoms with E-state index in [1.165, 1.54) is 10.8 Å². The van der Waals surface area contributed by atoms with Crippen LogP contribution in [-0.4, -0.2) is 15.0 Å². The summed E-state index contributed by atoms with van der Waals surface area (Å²) in [5.41, 5.74) is 1.05. The van der Waals surface area contributed by atoms with Gasteiger partial charge in [0.25, 0.3) is 0 Å². The zero-order valence-corrected chi connectivity index (χ0v) is 7.49. The summed E-state index contributed by atoms with van der Waals surface area (Å²) in [5, 5.41) is 2.40. The van der Waals surface area contributed by atoms with Crippen LogP contribution in [0.4, 0.5) is 0 Å². The SMILES string of the molecule is c1ccc2c(-c3ncc[nH]3)[nH]cc2c1. The van der Waals surface area contributed by atoms with Crippen LogP contribution in [0.2, 0.25) is 0 Å². The van der Waals surface area contributed by atoms with Crippen molar-refractivity contribution in [1.29, 1.82) is 0 Å². The molecule has 14 heavy (non-hydrogen) atoms. The summed E-state index contributed by atoms with van der Waals surface area (Å²) in [6.07, 6.45) is 5.57. The highest BCUT2D eigenvalue weighted by Gasteiger charge is 2.06. The van der Waals surface area contributed by atoms with Crippen LogP contribution < -0.4 is 0 Å². The van der Waals surface area contributed by atoms with Crippen LogP contribution in [0.1, 0.15) is 0 Å². The molecule has 0 bridgehead atoms. The number of nitrogens with one attached hydrogen (secondary N) is 2. The first-order valence-corrected chi connectivity index (χ1v) is 4.51. The molecule has 3 aromatic rings. The molecule has 0 amide bonds. The first-order chi connectivity index (χ1) is 6.95. The van der Waals surface area contributed by atoms with Gasteiger partial charge in [0.05, 0.1) is 5.69 Å². The minimum Gasteiger partial charge on any atom is -0.358 e. The quantitative estimate of drug-likeness (QED) is 0.598. The molecule has 0 aliphatic rings. The predicted octanol–water partition coefficient (Wildman–Crippen LogP) is 2.56. The molecule has 0 saturated carbocycles. The molecule has 1 aromatic carbocycles. The molecule has 0 spiro atoms. The number of fused-ring (bicyclic) bond motifs is 1. The minimum absolute atomic E-state index is 0.881. The van der Waals surface area contributed by atoms with E-state index >= 15 is 0 Å². The third-order valence-electron chi connectivity index (χ3n) is 2.34. The number of hydrogen-bond acceptors (Lipinski definition) is 1. The molecule has 2 heterocycles. The Balaban J connectivity index is 2.33. The Morgan fingerprint density at radius 1 is 1.07 bits per heavy atom. The zero-order chi connectivity index (χ0) is 9.38. The van der Waals surface area contributed by atoms with Crippen molar-refractivity contribution in [2.45, 2.75) is 0 Å². The fourth-order valence-electron chi connectivity index (χ4n) is 1.68. The van der Waals surface area contributed by atoms with Gasteiger partial charge in [-0.05, 0) is 5.39 Å². The zero-order valence-electron chi connectivity index (χ0n) is 7.49. The molecule has 0 atom stereocenters. The molecule has 0 aliphatic carbocycles. The third kappa shape index (κ3) is 0.956. The van der Waals surface area contributed by atoms with E-state index in [9.17, 15) is 0 Å². The predicted molar refractivity (Wildman–Crippen MR) is 55.9 cm³/mol. The first kappa shape index (κ1) is 7.38. The number of imidazole rings is 1. The highest BCUT2D eigenvalue weighted by atomic mass is 14.9. The molecule has 0 radical (unpaired) electrons. The maximum absolute atomic E-state index is 4.22. The molecule has 68 valence electrons. The van der Waals surface area contributed by atoms with Gasteiger partial charge in [0, 0.05) is 24.0 Å². The minimum atomic E-state index is 0.881. The van der Waals surface area contributed by atoms with Crippen LogP contribution >= 0.6 is 0 Å². The van der Waals surface area contributed by atoms with Crippen LogP contribution in [0.25, 0.3) is 22.3 Å². The topological polar surface area (TPSA) is 44.5 Å². The molecule has 3 rings (SSSR count). The van der Waals surface area contributed by atoms with E-state index in [2.05, 4.69) is 27.1 Å². The van der Waals surface area contributed by atoms with Crippen LogP contribution in [0.5, 0.6) is 0 Å². The molecule has 2 N–H and O–H groups in total. The Morgan fingerprint density at radius 3 is 2.86 bits per heavy atom. The van der Waals surface area contributed by atoms with E-state index in [0.29, 0.717) is 0 Å². The highest BCUT2D eigenvalue weighted by molar-refractivity contribution is 5.93. The Kier molecular flexibility index (Phi) is 1.44. The van der Waals surface area contributed by atoms with Crippen molar-refractivity contribution < 1.29 is 0 Å². The maximum Gasteiger partial charge on any atom is 0.154 e. The van der Waals surface area contributed by atoms with Gasteiger partial charge in [-0.3, -0.25) is 0 Å². The lowest BCUT2D eigenvalue weighted by Gasteiger charge is -1.93. The first-order valence-electron chi connectivity index (χ1n) is 4.51. The molecular weight excluding hydrogens is 174 g/mol. The monoisotopic (exact) mass is 183 g/mol. The summed E-state index contributed by atoms with van der Waals surface area (Å²) in [7, 11) is 0. The van der Waals surface area contributed by atoms with Gasteiger partial charge >= 0.3 is 0 Å². The number of rotatable bonds is 1. The fraction of sp³-hybridized carbons (Fsp3) is 0. The number of H-pyrrole nitrogens is 2. The maximum atomic E-state index is 4.22. The summed E-state index contributed by atoms with van der Waals surface area (Å²) in [4.78, 5) is 10.5. The van der Waals surface area contributed by atoms with Gasteiger partial charge < -0.3 is 9.97 Å². The standard InChI is InChI=1S/C11H9N3/c1-2-4-9-8(3-1)7-14-10(9)11-12-5-6-13-11/h1-7,14H,(H,12,13). The Morgan fingerprint density at radius 2 is 2.00 bits per heavy atom. The van der Waals surface area contributed by atoms with Gasteiger partial charge in [-0.2, -0.15) is 0 Å². The second-order valence-electron chi connectivity index (χ2n) is 3.19. The fourth-order valence-corrected chi connectivity index (χ4v) is 1.68. The molecule has 0 fully saturated rings. The summed E-state index contributed by atoms with van der Waals surface area (Å²) in [6.45, 7) is 0. The van der Waals surface area contributed by atoms with Crippen LogP contribution in [0.3, 0.4) is 0 Å². The lowest BCUT2D eigenvalue weighted by molar-refractivity contribution is 1.26. The molecular formula is C11H9N3. The summed E-state index contributed by atoms with van der Waals surface area (Å²) in [6, 6.07) is 8.23. The summed E-state index contributed by atoms with van der Waals surface area (Å²) >= 11 is 0. The number of aromatic amines is 2. The molecule has 2 aromatic heterocycles. The highest BCUT2D eigenvalue weighted by Crippen LogP contribution is 2.24. The van der Waals surface area contributed by atoms with Crippen molar-refractivity contribution in [2.75, 3.05) is 0 Å². The summed E-state index contributed by atoms with van der Waals surface area (Å²) < 4.78 is 0. The van der Waals surface area contributed by atoms with Gasteiger partial charge in [-0.15, -0.1) is 0 Å². The average Bonchev–Trinajstić information content (AvgIpc) is 2.85. The largest absolute Gasteiger partial charge is 0.358 e. The lowest BCUT2D eigenvalue weighted by atomic mass is 10.2. The van der Waals surface area contributed by atoms with Crippen molar-refractivity contribution in [3.63, 3.8) is 0 Å². The van der Waals surface area contributed by atoms with Crippen LogP contribution in [-0.2, 0) is 0 Å². The van der Waals surface area contributed by atoms with Crippen molar-refractivity contribution in [3.8, 4) is 11.5 Å². The van der Waals surface area contributed by atoms with Gasteiger partial charge in [0.2, 0.25) is 0 Å². The van der Waals surface area contributed by atoms with E-state index < -0.39 is 0 Å². The van der Waals surface area contributed by atoms with Crippen LogP contribution in [0.15, 0.2) is 42.9 Å². The molecule has 0 saturated heterocycles. The van der Waals surface area contributed by atoms with Crippen molar-refractivity contribution in [3.05, 3.63) is 42.9 Å². The normalized spacial score (nSPS) is 10.9. The second-order valence-corrected chi connectivity index (χ2v) is 3.19. The van der Waals surface area contributed by atoms with E-state index in [-0.39, 0.29) is 0 Å². The third-order valence-corrected chi connectivity index (χ3v) is 2.34. The number of aromatic nitrogens is 3. The Labute approximate surface area is 80.8 Å². The van der Waals surface area contributed by atoms with Crippen molar-refractivity contribution in [2.24, 2.45) is 0 Å². The lowest BCUT2D eigenvalue weighted by Crippen LogP contribution is -1.79. The number of nitrogens with zero attached hydrogens (tertiary/aromatic N) is 1. The molecule has 0 unspecified atom stereocenters. The van der Waals surface area contributed by atoms with E-state index in [4.69, 9.17) is 0 Å². The van der Waals surface area contributed by atoms with E-state index in [0.717, 1.165) is 11.5 Å². The van der Waals surface area contributed by atoms with Crippen molar-refractivity contribution >= 4 is 10.8 Å². The van der Waals surface area contributed by atoms with Crippen LogP contribution in [0, 0.1) is 0 Å². The molecule has 3 heteroatoms. The Bertz CT molecular complexity index is 549. The Hall–Kier alpha value is -2.03. The van der Waals surface area contributed by atoms with Gasteiger partial charge in [-0.25, -0.2) is 4.98 Å². The van der Waals surface area contributed by atoms with E-state index in [1.807, 2.05) is 24.5 Å². The smallest absolute Gasteiger partial charge is 0.154 e. The number of hydrogen-bond donors (Lipinski definition) is 2. The second kappa shape index (κ2) is 2.73. The average molecular weight is 183 g/mol. The van der Waals surface area contributed by atoms with E-state index in [1.54, 1.807) is 6.20 Å². The van der Waals surface area contributed by atoms with Crippen molar-refractivity contribution in [1.82, 2.24) is 15.0 Å².